The van der Waals surface area contributed by atoms with Crippen molar-refractivity contribution in [2.45, 2.75) is 72.6 Å². The van der Waals surface area contributed by atoms with Gasteiger partial charge >= 0.3 is 0 Å². The fourth-order valence-corrected chi connectivity index (χ4v) is 3.79. The summed E-state index contributed by atoms with van der Waals surface area (Å²) >= 11 is 0. The lowest BCUT2D eigenvalue weighted by Gasteiger charge is -2.35. The van der Waals surface area contributed by atoms with Crippen LogP contribution in [0.4, 0.5) is 5.82 Å². The molecule has 1 aromatic rings. The van der Waals surface area contributed by atoms with Gasteiger partial charge in [0.15, 0.2) is 0 Å². The van der Waals surface area contributed by atoms with Crippen molar-refractivity contribution in [3.63, 3.8) is 0 Å². The third-order valence-corrected chi connectivity index (χ3v) is 5.45. The molecule has 0 saturated carbocycles. The summed E-state index contributed by atoms with van der Waals surface area (Å²) < 4.78 is 0. The topological polar surface area (TPSA) is 69.6 Å². The molecule has 0 N–H and O–H groups in total. The maximum absolute atomic E-state index is 12.6. The zero-order valence-electron chi connectivity index (χ0n) is 19.5. The summed E-state index contributed by atoms with van der Waals surface area (Å²) in [5, 5.41) is 0. The first kappa shape index (κ1) is 24.1. The monoisotopic (exact) mass is 417 g/mol. The van der Waals surface area contributed by atoms with Crippen molar-refractivity contribution in [3.05, 3.63) is 17.6 Å². The Labute approximate surface area is 181 Å². The highest BCUT2D eigenvalue weighted by Crippen LogP contribution is 2.19. The number of rotatable bonds is 10. The van der Waals surface area contributed by atoms with Crippen molar-refractivity contribution >= 4 is 17.6 Å². The Hall–Kier alpha value is -2.18. The van der Waals surface area contributed by atoms with Crippen LogP contribution in [-0.4, -0.2) is 70.9 Å². The number of aromatic nitrogens is 2. The maximum atomic E-state index is 12.6. The summed E-state index contributed by atoms with van der Waals surface area (Å²) in [5.74, 6) is 2.45. The van der Waals surface area contributed by atoms with E-state index in [9.17, 15) is 9.59 Å². The minimum Gasteiger partial charge on any atom is -0.353 e. The fourth-order valence-electron chi connectivity index (χ4n) is 3.79. The van der Waals surface area contributed by atoms with Gasteiger partial charge in [0.1, 0.15) is 11.6 Å². The molecule has 1 fully saturated rings. The molecule has 0 aliphatic carbocycles. The third kappa shape index (κ3) is 6.96. The first-order chi connectivity index (χ1) is 14.3. The molecule has 0 bridgehead atoms. The van der Waals surface area contributed by atoms with E-state index in [0.29, 0.717) is 38.3 Å². The summed E-state index contributed by atoms with van der Waals surface area (Å²) in [6, 6.07) is 2.02. The van der Waals surface area contributed by atoms with Gasteiger partial charge in [-0.15, -0.1) is 0 Å². The summed E-state index contributed by atoms with van der Waals surface area (Å²) in [7, 11) is 0. The van der Waals surface area contributed by atoms with Gasteiger partial charge < -0.3 is 14.7 Å². The van der Waals surface area contributed by atoms with Gasteiger partial charge in [-0.25, -0.2) is 9.97 Å². The highest BCUT2D eigenvalue weighted by molar-refractivity contribution is 5.79. The predicted octanol–water partition coefficient (Wildman–Crippen LogP) is 3.38. The zero-order chi connectivity index (χ0) is 22.1. The number of hydrogen-bond donors (Lipinski definition) is 0. The molecule has 2 amide bonds. The second-order valence-electron chi connectivity index (χ2n) is 8.48. The largest absolute Gasteiger partial charge is 0.353 e. The minimum absolute atomic E-state index is 0.154. The average Bonchev–Trinajstić information content (AvgIpc) is 2.73. The second-order valence-corrected chi connectivity index (χ2v) is 8.48. The lowest BCUT2D eigenvalue weighted by atomic mass is 10.1. The van der Waals surface area contributed by atoms with Crippen molar-refractivity contribution in [3.8, 4) is 0 Å². The van der Waals surface area contributed by atoms with Gasteiger partial charge in [0, 0.05) is 69.8 Å². The molecular weight excluding hydrogens is 378 g/mol. The molecule has 30 heavy (non-hydrogen) atoms. The first-order valence-electron chi connectivity index (χ1n) is 11.5. The Kier molecular flexibility index (Phi) is 9.53. The van der Waals surface area contributed by atoms with Gasteiger partial charge in [-0.3, -0.25) is 9.59 Å². The van der Waals surface area contributed by atoms with E-state index in [1.807, 2.05) is 22.8 Å². The van der Waals surface area contributed by atoms with Crippen molar-refractivity contribution in [1.82, 2.24) is 19.8 Å². The highest BCUT2D eigenvalue weighted by Gasteiger charge is 2.23. The zero-order valence-corrected chi connectivity index (χ0v) is 19.5. The van der Waals surface area contributed by atoms with Gasteiger partial charge in [0.2, 0.25) is 11.8 Å². The first-order valence-corrected chi connectivity index (χ1v) is 11.5. The summed E-state index contributed by atoms with van der Waals surface area (Å²) in [5.41, 5.74) is 0.979. The number of carbonyl (C=O) groups is 2. The molecule has 0 aromatic carbocycles. The normalized spacial score (nSPS) is 14.3. The minimum atomic E-state index is 0.154. The van der Waals surface area contributed by atoms with E-state index in [-0.39, 0.29) is 11.8 Å². The van der Waals surface area contributed by atoms with Crippen LogP contribution in [0.25, 0.3) is 0 Å². The predicted molar refractivity (Wildman–Crippen MR) is 121 cm³/mol. The van der Waals surface area contributed by atoms with E-state index in [2.05, 4.69) is 37.6 Å². The summed E-state index contributed by atoms with van der Waals surface area (Å²) in [6.45, 7) is 15.0. The van der Waals surface area contributed by atoms with Crippen LogP contribution in [0.15, 0.2) is 6.07 Å². The molecule has 7 nitrogen and oxygen atoms in total. The molecule has 2 heterocycles. The number of carbonyl (C=O) groups excluding carboxylic acids is 2. The molecule has 7 heteroatoms. The third-order valence-electron chi connectivity index (χ3n) is 5.45. The molecule has 2 rings (SSSR count). The number of amides is 2. The van der Waals surface area contributed by atoms with Crippen molar-refractivity contribution in [2.75, 3.05) is 44.2 Å². The number of nitrogens with zero attached hydrogens (tertiary/aromatic N) is 5. The summed E-state index contributed by atoms with van der Waals surface area (Å²) in [4.78, 5) is 40.3. The number of anilines is 1. The van der Waals surface area contributed by atoms with E-state index >= 15 is 0 Å². The Balaban J connectivity index is 1.80. The summed E-state index contributed by atoms with van der Waals surface area (Å²) in [6.07, 6.45) is 3.48. The Bertz CT molecular complexity index is 693. The van der Waals surface area contributed by atoms with E-state index in [4.69, 9.17) is 4.98 Å². The Morgan fingerprint density at radius 1 is 1.03 bits per heavy atom. The van der Waals surface area contributed by atoms with Gasteiger partial charge in [0.25, 0.3) is 0 Å². The van der Waals surface area contributed by atoms with Crippen molar-refractivity contribution in [2.24, 2.45) is 0 Å². The second kappa shape index (κ2) is 11.9. The Morgan fingerprint density at radius 2 is 1.67 bits per heavy atom. The highest BCUT2D eigenvalue weighted by atomic mass is 16.2. The van der Waals surface area contributed by atoms with Crippen molar-refractivity contribution < 1.29 is 9.59 Å². The van der Waals surface area contributed by atoms with Gasteiger partial charge in [-0.2, -0.15) is 0 Å². The van der Waals surface area contributed by atoms with Crippen LogP contribution < -0.4 is 4.90 Å². The van der Waals surface area contributed by atoms with Crippen LogP contribution in [0.3, 0.4) is 0 Å². The molecule has 0 radical (unpaired) electrons. The number of hydrogen-bond acceptors (Lipinski definition) is 5. The van der Waals surface area contributed by atoms with Crippen LogP contribution in [0.5, 0.6) is 0 Å². The standard InChI is InChI=1S/C23H39N5O2/c1-6-11-27(12-7-2)21(29)9-8-10-22(30)28-15-13-26(14-16-28)20-17-19(5)24-23(25-20)18(3)4/h17-18H,6-16H2,1-5H3. The fraction of sp³-hybridized carbons (Fsp3) is 0.739. The molecule has 1 aliphatic rings. The molecule has 0 atom stereocenters. The molecular formula is C23H39N5O2. The molecule has 1 aromatic heterocycles. The number of aryl methyl sites for hydroxylation is 1. The van der Waals surface area contributed by atoms with Crippen molar-refractivity contribution in [1.29, 1.82) is 0 Å². The smallest absolute Gasteiger partial charge is 0.222 e. The van der Waals surface area contributed by atoms with Crippen LogP contribution in [0, 0.1) is 6.92 Å². The van der Waals surface area contributed by atoms with E-state index in [0.717, 1.165) is 56.4 Å². The lowest BCUT2D eigenvalue weighted by molar-refractivity contribution is -0.133. The van der Waals surface area contributed by atoms with Crippen LogP contribution in [-0.2, 0) is 9.59 Å². The Morgan fingerprint density at radius 3 is 2.23 bits per heavy atom. The van der Waals surface area contributed by atoms with E-state index < -0.39 is 0 Å². The van der Waals surface area contributed by atoms with Crippen LogP contribution >= 0.6 is 0 Å². The van der Waals surface area contributed by atoms with E-state index in [1.165, 1.54) is 0 Å². The van der Waals surface area contributed by atoms with Gasteiger partial charge in [-0.1, -0.05) is 27.7 Å². The van der Waals surface area contributed by atoms with Crippen LogP contribution in [0.2, 0.25) is 0 Å². The number of piperazine rings is 1. The average molecular weight is 418 g/mol. The molecule has 0 unspecified atom stereocenters. The molecule has 168 valence electrons. The SMILES string of the molecule is CCCN(CCC)C(=O)CCCC(=O)N1CCN(c2cc(C)nc(C(C)C)n2)CC1. The van der Waals surface area contributed by atoms with Crippen LogP contribution in [0.1, 0.15) is 77.2 Å². The maximum Gasteiger partial charge on any atom is 0.222 e. The molecule has 1 saturated heterocycles. The molecule has 0 spiro atoms. The quantitative estimate of drug-likeness (QED) is 0.584. The van der Waals surface area contributed by atoms with Gasteiger partial charge in [-0.05, 0) is 26.2 Å². The molecule has 1 aliphatic heterocycles. The van der Waals surface area contributed by atoms with E-state index in [1.54, 1.807) is 0 Å². The van der Waals surface area contributed by atoms with Gasteiger partial charge in [0.05, 0.1) is 0 Å². The lowest BCUT2D eigenvalue weighted by Crippen LogP contribution is -2.49.